The summed E-state index contributed by atoms with van der Waals surface area (Å²) in [6, 6.07) is 1.59. The Morgan fingerprint density at radius 3 is 2.05 bits per heavy atom. The van der Waals surface area contributed by atoms with E-state index in [1.807, 2.05) is 0 Å². The zero-order valence-corrected chi connectivity index (χ0v) is 13.5. The summed E-state index contributed by atoms with van der Waals surface area (Å²) in [6.07, 6.45) is 8.28. The average Bonchev–Trinajstić information content (AvgIpc) is 2.34. The SMILES string of the molecule is CC(C)CN1CCC(NC2CCC(C)(C)CC2)CC1. The minimum atomic E-state index is 0.596. The molecule has 112 valence electrons. The second kappa shape index (κ2) is 6.58. The van der Waals surface area contributed by atoms with Gasteiger partial charge in [-0.25, -0.2) is 0 Å². The lowest BCUT2D eigenvalue weighted by atomic mass is 9.75. The highest BCUT2D eigenvalue weighted by Gasteiger charge is 2.28. The van der Waals surface area contributed by atoms with Crippen LogP contribution in [-0.2, 0) is 0 Å². The molecule has 1 saturated carbocycles. The van der Waals surface area contributed by atoms with Crippen LogP contribution in [0.1, 0.15) is 66.2 Å². The Morgan fingerprint density at radius 1 is 1.00 bits per heavy atom. The lowest BCUT2D eigenvalue weighted by molar-refractivity contribution is 0.152. The molecule has 0 radical (unpaired) electrons. The molecule has 0 unspecified atom stereocenters. The van der Waals surface area contributed by atoms with Crippen LogP contribution in [0.2, 0.25) is 0 Å². The van der Waals surface area contributed by atoms with Gasteiger partial charge in [-0.15, -0.1) is 0 Å². The largest absolute Gasteiger partial charge is 0.311 e. The van der Waals surface area contributed by atoms with Crippen molar-refractivity contribution in [2.24, 2.45) is 11.3 Å². The van der Waals surface area contributed by atoms with Gasteiger partial charge in [0.25, 0.3) is 0 Å². The van der Waals surface area contributed by atoms with Crippen LogP contribution in [0.5, 0.6) is 0 Å². The van der Waals surface area contributed by atoms with E-state index in [9.17, 15) is 0 Å². The third-order valence-electron chi connectivity index (χ3n) is 5.02. The van der Waals surface area contributed by atoms with E-state index in [2.05, 4.69) is 37.9 Å². The summed E-state index contributed by atoms with van der Waals surface area (Å²) in [6.45, 7) is 13.4. The lowest BCUT2D eigenvalue weighted by Gasteiger charge is -2.39. The number of nitrogens with one attached hydrogen (secondary N) is 1. The topological polar surface area (TPSA) is 15.3 Å². The van der Waals surface area contributed by atoms with Gasteiger partial charge in [0.05, 0.1) is 0 Å². The zero-order valence-electron chi connectivity index (χ0n) is 13.5. The fourth-order valence-electron chi connectivity index (χ4n) is 3.70. The highest BCUT2D eigenvalue weighted by atomic mass is 15.1. The maximum Gasteiger partial charge on any atom is 0.00940 e. The van der Waals surface area contributed by atoms with Gasteiger partial charge >= 0.3 is 0 Å². The first-order valence-corrected chi connectivity index (χ1v) is 8.43. The Labute approximate surface area is 120 Å². The van der Waals surface area contributed by atoms with Crippen LogP contribution in [-0.4, -0.2) is 36.6 Å². The lowest BCUT2D eigenvalue weighted by Crippen LogP contribution is -2.48. The van der Waals surface area contributed by atoms with Crippen LogP contribution in [0, 0.1) is 11.3 Å². The minimum Gasteiger partial charge on any atom is -0.311 e. The Balaban J connectivity index is 1.66. The first-order valence-electron chi connectivity index (χ1n) is 8.43. The van der Waals surface area contributed by atoms with Crippen molar-refractivity contribution < 1.29 is 0 Å². The predicted molar refractivity (Wildman–Crippen MR) is 83.5 cm³/mol. The molecule has 2 fully saturated rings. The summed E-state index contributed by atoms with van der Waals surface area (Å²) in [5.41, 5.74) is 0.596. The molecule has 0 amide bonds. The van der Waals surface area contributed by atoms with Gasteiger partial charge in [0.15, 0.2) is 0 Å². The predicted octanol–water partition coefficient (Wildman–Crippen LogP) is 3.67. The maximum absolute atomic E-state index is 3.94. The summed E-state index contributed by atoms with van der Waals surface area (Å²) in [5, 5.41) is 3.94. The normalized spacial score (nSPS) is 27.0. The fourth-order valence-corrected chi connectivity index (χ4v) is 3.70. The van der Waals surface area contributed by atoms with Gasteiger partial charge in [0.2, 0.25) is 0 Å². The summed E-state index contributed by atoms with van der Waals surface area (Å²) in [4.78, 5) is 2.65. The van der Waals surface area contributed by atoms with Gasteiger partial charge in [0.1, 0.15) is 0 Å². The highest BCUT2D eigenvalue weighted by Crippen LogP contribution is 2.35. The van der Waals surface area contributed by atoms with E-state index < -0.39 is 0 Å². The van der Waals surface area contributed by atoms with Crippen molar-refractivity contribution in [1.29, 1.82) is 0 Å². The molecule has 0 spiro atoms. The van der Waals surface area contributed by atoms with Gasteiger partial charge in [-0.3, -0.25) is 0 Å². The van der Waals surface area contributed by atoms with Crippen LogP contribution in [0.25, 0.3) is 0 Å². The number of nitrogens with zero attached hydrogens (tertiary/aromatic N) is 1. The van der Waals surface area contributed by atoms with Crippen molar-refractivity contribution in [3.8, 4) is 0 Å². The number of piperidine rings is 1. The van der Waals surface area contributed by atoms with Gasteiger partial charge in [-0.2, -0.15) is 0 Å². The Kier molecular flexibility index (Phi) is 5.30. The molecule has 2 heteroatoms. The van der Waals surface area contributed by atoms with E-state index in [0.717, 1.165) is 18.0 Å². The molecule has 19 heavy (non-hydrogen) atoms. The number of hydrogen-bond donors (Lipinski definition) is 1. The molecular formula is C17H34N2. The van der Waals surface area contributed by atoms with Crippen LogP contribution in [0.4, 0.5) is 0 Å². The van der Waals surface area contributed by atoms with E-state index >= 15 is 0 Å². The van der Waals surface area contributed by atoms with E-state index in [1.165, 1.54) is 58.2 Å². The third-order valence-corrected chi connectivity index (χ3v) is 5.02. The molecule has 2 rings (SSSR count). The minimum absolute atomic E-state index is 0.596. The molecule has 1 saturated heterocycles. The van der Waals surface area contributed by atoms with Crippen molar-refractivity contribution in [3.05, 3.63) is 0 Å². The molecule has 1 aliphatic heterocycles. The Morgan fingerprint density at radius 2 is 1.53 bits per heavy atom. The number of rotatable bonds is 4. The molecule has 1 N–H and O–H groups in total. The molecule has 2 nitrogen and oxygen atoms in total. The Hall–Kier alpha value is -0.0800. The molecular weight excluding hydrogens is 232 g/mol. The average molecular weight is 266 g/mol. The van der Waals surface area contributed by atoms with Gasteiger partial charge in [-0.1, -0.05) is 27.7 Å². The monoisotopic (exact) mass is 266 g/mol. The fraction of sp³-hybridized carbons (Fsp3) is 1.00. The van der Waals surface area contributed by atoms with Gasteiger partial charge in [-0.05, 0) is 62.9 Å². The van der Waals surface area contributed by atoms with Gasteiger partial charge in [0, 0.05) is 18.6 Å². The maximum atomic E-state index is 3.94. The van der Waals surface area contributed by atoms with Crippen LogP contribution in [0.3, 0.4) is 0 Å². The molecule has 2 aliphatic rings. The van der Waals surface area contributed by atoms with Crippen LogP contribution < -0.4 is 5.32 Å². The second-order valence-corrected chi connectivity index (χ2v) is 8.07. The van der Waals surface area contributed by atoms with E-state index in [1.54, 1.807) is 0 Å². The zero-order chi connectivity index (χ0) is 13.9. The highest BCUT2D eigenvalue weighted by molar-refractivity contribution is 4.86. The molecule has 0 atom stereocenters. The summed E-state index contributed by atoms with van der Waals surface area (Å²) in [7, 11) is 0. The molecule has 1 heterocycles. The van der Waals surface area contributed by atoms with Gasteiger partial charge < -0.3 is 10.2 Å². The Bertz CT molecular complexity index is 254. The quantitative estimate of drug-likeness (QED) is 0.835. The van der Waals surface area contributed by atoms with Crippen molar-refractivity contribution in [2.75, 3.05) is 19.6 Å². The van der Waals surface area contributed by atoms with Crippen molar-refractivity contribution in [2.45, 2.75) is 78.3 Å². The van der Waals surface area contributed by atoms with Crippen molar-refractivity contribution in [3.63, 3.8) is 0 Å². The first-order chi connectivity index (χ1) is 8.94. The van der Waals surface area contributed by atoms with Crippen LogP contribution >= 0.6 is 0 Å². The van der Waals surface area contributed by atoms with E-state index in [0.29, 0.717) is 5.41 Å². The summed E-state index contributed by atoms with van der Waals surface area (Å²) < 4.78 is 0. The van der Waals surface area contributed by atoms with Crippen molar-refractivity contribution >= 4 is 0 Å². The molecule has 1 aliphatic carbocycles. The van der Waals surface area contributed by atoms with E-state index in [-0.39, 0.29) is 0 Å². The molecule has 0 aromatic heterocycles. The number of likely N-dealkylation sites (tertiary alicyclic amines) is 1. The third kappa shape index (κ3) is 5.07. The molecule has 0 bridgehead atoms. The number of hydrogen-bond acceptors (Lipinski definition) is 2. The van der Waals surface area contributed by atoms with Crippen LogP contribution in [0.15, 0.2) is 0 Å². The summed E-state index contributed by atoms with van der Waals surface area (Å²) in [5.74, 6) is 0.810. The molecule has 0 aromatic carbocycles. The first kappa shape index (κ1) is 15.3. The standard InChI is InChI=1S/C17H34N2/c1-14(2)13-19-11-7-16(8-12-19)18-15-5-9-17(3,4)10-6-15/h14-16,18H,5-13H2,1-4H3. The smallest absolute Gasteiger partial charge is 0.00940 e. The second-order valence-electron chi connectivity index (χ2n) is 8.07. The molecule has 0 aromatic rings. The van der Waals surface area contributed by atoms with E-state index in [4.69, 9.17) is 0 Å². The van der Waals surface area contributed by atoms with Crippen molar-refractivity contribution in [1.82, 2.24) is 10.2 Å². The summed E-state index contributed by atoms with van der Waals surface area (Å²) >= 11 is 0.